The number of hydrogen-bond donors (Lipinski definition) is 1. The van der Waals surface area contributed by atoms with Crippen molar-refractivity contribution < 1.29 is 9.53 Å². The van der Waals surface area contributed by atoms with E-state index in [1.165, 1.54) is 4.88 Å². The fraction of sp³-hybridized carbons (Fsp3) is 0.706. The van der Waals surface area contributed by atoms with Gasteiger partial charge in [0, 0.05) is 30.6 Å². The van der Waals surface area contributed by atoms with Crippen LogP contribution < -0.4 is 5.32 Å². The van der Waals surface area contributed by atoms with E-state index < -0.39 is 5.60 Å². The number of nitrogens with zero attached hydrogens (tertiary/aromatic N) is 1. The van der Waals surface area contributed by atoms with E-state index >= 15 is 0 Å². The Morgan fingerprint density at radius 3 is 2.95 bits per heavy atom. The fourth-order valence-corrected chi connectivity index (χ4v) is 3.36. The third-order valence-corrected chi connectivity index (χ3v) is 4.64. The highest BCUT2D eigenvalue weighted by Gasteiger charge is 2.26. The lowest BCUT2D eigenvalue weighted by molar-refractivity contribution is 0.0244. The van der Waals surface area contributed by atoms with Crippen molar-refractivity contribution in [2.45, 2.75) is 58.1 Å². The first kappa shape index (κ1) is 17.3. The highest BCUT2D eigenvalue weighted by molar-refractivity contribution is 7.09. The zero-order valence-electron chi connectivity index (χ0n) is 13.9. The standard InChI is InChI=1S/C17H28N2O2S/c1-17(2,3)21-16(20)19-11-5-4-7-14(13-19)18-10-9-15-8-6-12-22-15/h6,8,12,14,18H,4-5,7,9-11,13H2,1-3H3/t14-/m1/s1. The molecule has 4 nitrogen and oxygen atoms in total. The maximum atomic E-state index is 12.3. The molecule has 0 bridgehead atoms. The van der Waals surface area contributed by atoms with Crippen molar-refractivity contribution >= 4 is 17.4 Å². The summed E-state index contributed by atoms with van der Waals surface area (Å²) in [6, 6.07) is 4.64. The molecular formula is C17H28N2O2S. The number of thiophene rings is 1. The van der Waals surface area contributed by atoms with E-state index in [0.717, 1.165) is 45.3 Å². The molecule has 1 fully saturated rings. The number of carbonyl (C=O) groups excluding carboxylic acids is 1. The van der Waals surface area contributed by atoms with E-state index in [2.05, 4.69) is 22.8 Å². The van der Waals surface area contributed by atoms with Crippen molar-refractivity contribution in [2.75, 3.05) is 19.6 Å². The Bertz CT molecular complexity index is 454. The number of hydrogen-bond acceptors (Lipinski definition) is 4. The molecule has 1 saturated heterocycles. The van der Waals surface area contributed by atoms with Gasteiger partial charge in [-0.1, -0.05) is 12.5 Å². The molecule has 1 aromatic heterocycles. The maximum absolute atomic E-state index is 12.3. The first-order valence-corrected chi connectivity index (χ1v) is 9.06. The van der Waals surface area contributed by atoms with Gasteiger partial charge in [0.25, 0.3) is 0 Å². The van der Waals surface area contributed by atoms with Gasteiger partial charge in [-0.25, -0.2) is 4.79 Å². The van der Waals surface area contributed by atoms with Crippen LogP contribution >= 0.6 is 11.3 Å². The zero-order chi connectivity index (χ0) is 16.0. The number of carbonyl (C=O) groups is 1. The number of likely N-dealkylation sites (tertiary alicyclic amines) is 1. The van der Waals surface area contributed by atoms with Crippen molar-refractivity contribution in [3.8, 4) is 0 Å². The van der Waals surface area contributed by atoms with Crippen molar-refractivity contribution in [3.05, 3.63) is 22.4 Å². The zero-order valence-corrected chi connectivity index (χ0v) is 14.7. The second kappa shape index (κ2) is 7.97. The van der Waals surface area contributed by atoms with Gasteiger partial charge in [0.15, 0.2) is 0 Å². The number of nitrogens with one attached hydrogen (secondary N) is 1. The average molecular weight is 324 g/mol. The Kier molecular flexibility index (Phi) is 6.26. The summed E-state index contributed by atoms with van der Waals surface area (Å²) in [5.41, 5.74) is -0.425. The van der Waals surface area contributed by atoms with Crippen molar-refractivity contribution in [3.63, 3.8) is 0 Å². The minimum Gasteiger partial charge on any atom is -0.444 e. The first-order chi connectivity index (χ1) is 10.4. The molecule has 124 valence electrons. The Morgan fingerprint density at radius 1 is 1.45 bits per heavy atom. The van der Waals surface area contributed by atoms with Crippen molar-refractivity contribution in [1.82, 2.24) is 10.2 Å². The lowest BCUT2D eigenvalue weighted by atomic mass is 10.1. The predicted molar refractivity (Wildman–Crippen MR) is 91.5 cm³/mol. The van der Waals surface area contributed by atoms with E-state index in [9.17, 15) is 4.79 Å². The summed E-state index contributed by atoms with van der Waals surface area (Å²) in [6.07, 6.45) is 4.22. The van der Waals surface area contributed by atoms with Crippen LogP contribution in [-0.2, 0) is 11.2 Å². The molecule has 5 heteroatoms. The predicted octanol–water partition coefficient (Wildman–Crippen LogP) is 3.67. The average Bonchev–Trinajstić information content (AvgIpc) is 2.81. The normalized spacial score (nSPS) is 19.8. The molecule has 1 amide bonds. The van der Waals surface area contributed by atoms with Crippen LogP contribution in [0.3, 0.4) is 0 Å². The largest absolute Gasteiger partial charge is 0.444 e. The van der Waals surface area contributed by atoms with E-state index in [4.69, 9.17) is 4.74 Å². The van der Waals surface area contributed by atoms with Crippen LogP contribution in [-0.4, -0.2) is 42.3 Å². The minimum absolute atomic E-state index is 0.181. The first-order valence-electron chi connectivity index (χ1n) is 8.18. The van der Waals surface area contributed by atoms with Gasteiger partial charge < -0.3 is 15.0 Å². The maximum Gasteiger partial charge on any atom is 0.410 e. The SMILES string of the molecule is CC(C)(C)OC(=O)N1CCCC[C@@H](NCCc2cccs2)C1. The summed E-state index contributed by atoms with van der Waals surface area (Å²) >= 11 is 1.80. The summed E-state index contributed by atoms with van der Waals surface area (Å²) in [5.74, 6) is 0. The summed E-state index contributed by atoms with van der Waals surface area (Å²) in [6.45, 7) is 8.27. The third-order valence-electron chi connectivity index (χ3n) is 3.71. The molecule has 0 unspecified atom stereocenters. The minimum atomic E-state index is -0.425. The lowest BCUT2D eigenvalue weighted by Crippen LogP contribution is -2.44. The smallest absolute Gasteiger partial charge is 0.410 e. The van der Waals surface area contributed by atoms with Crippen LogP contribution in [0.5, 0.6) is 0 Å². The topological polar surface area (TPSA) is 41.6 Å². The second-order valence-corrected chi connectivity index (χ2v) is 7.93. The van der Waals surface area contributed by atoms with Crippen LogP contribution in [0.15, 0.2) is 17.5 Å². The van der Waals surface area contributed by atoms with E-state index in [-0.39, 0.29) is 6.09 Å². The Hall–Kier alpha value is -1.07. The summed E-state index contributed by atoms with van der Waals surface area (Å²) in [4.78, 5) is 15.5. The van der Waals surface area contributed by atoms with Gasteiger partial charge in [-0.05, 0) is 51.5 Å². The van der Waals surface area contributed by atoms with Gasteiger partial charge in [-0.15, -0.1) is 11.3 Å². The van der Waals surface area contributed by atoms with Crippen LogP contribution in [0, 0.1) is 0 Å². The molecule has 1 aromatic rings. The highest BCUT2D eigenvalue weighted by Crippen LogP contribution is 2.16. The Balaban J connectivity index is 1.80. The Morgan fingerprint density at radius 2 is 2.27 bits per heavy atom. The molecule has 0 saturated carbocycles. The molecule has 1 atom stereocenters. The van der Waals surface area contributed by atoms with Crippen LogP contribution in [0.4, 0.5) is 4.79 Å². The molecule has 22 heavy (non-hydrogen) atoms. The fourth-order valence-electron chi connectivity index (χ4n) is 2.66. The monoisotopic (exact) mass is 324 g/mol. The van der Waals surface area contributed by atoms with Crippen molar-refractivity contribution in [1.29, 1.82) is 0 Å². The molecule has 1 aliphatic heterocycles. The van der Waals surface area contributed by atoms with Gasteiger partial charge in [-0.3, -0.25) is 0 Å². The van der Waals surface area contributed by atoms with Gasteiger partial charge in [0.1, 0.15) is 5.60 Å². The van der Waals surface area contributed by atoms with Crippen LogP contribution in [0.2, 0.25) is 0 Å². The van der Waals surface area contributed by atoms with E-state index in [1.54, 1.807) is 11.3 Å². The molecular weight excluding hydrogens is 296 g/mol. The molecule has 0 aromatic carbocycles. The quantitative estimate of drug-likeness (QED) is 0.919. The van der Waals surface area contributed by atoms with Crippen LogP contribution in [0.1, 0.15) is 44.9 Å². The summed E-state index contributed by atoms with van der Waals surface area (Å²) in [7, 11) is 0. The summed E-state index contributed by atoms with van der Waals surface area (Å²) < 4.78 is 5.51. The van der Waals surface area contributed by atoms with Gasteiger partial charge in [0.2, 0.25) is 0 Å². The highest BCUT2D eigenvalue weighted by atomic mass is 32.1. The summed E-state index contributed by atoms with van der Waals surface area (Å²) in [5, 5.41) is 5.72. The number of rotatable bonds is 4. The van der Waals surface area contributed by atoms with Crippen LogP contribution in [0.25, 0.3) is 0 Å². The molecule has 0 aliphatic carbocycles. The van der Waals surface area contributed by atoms with Gasteiger partial charge >= 0.3 is 6.09 Å². The van der Waals surface area contributed by atoms with Crippen molar-refractivity contribution in [2.24, 2.45) is 0 Å². The van der Waals surface area contributed by atoms with E-state index in [1.807, 2.05) is 25.7 Å². The lowest BCUT2D eigenvalue weighted by Gasteiger charge is -2.28. The molecule has 2 heterocycles. The van der Waals surface area contributed by atoms with E-state index in [0.29, 0.717) is 6.04 Å². The third kappa shape index (κ3) is 5.97. The molecule has 2 rings (SSSR count). The number of ether oxygens (including phenoxy) is 1. The Labute approximate surface area is 137 Å². The molecule has 1 aliphatic rings. The molecule has 1 N–H and O–H groups in total. The second-order valence-electron chi connectivity index (χ2n) is 6.90. The molecule has 0 spiro atoms. The number of amides is 1. The van der Waals surface area contributed by atoms with Gasteiger partial charge in [0.05, 0.1) is 0 Å². The molecule has 0 radical (unpaired) electrons. The van der Waals surface area contributed by atoms with Gasteiger partial charge in [-0.2, -0.15) is 0 Å².